The first kappa shape index (κ1) is 7.60. The van der Waals surface area contributed by atoms with Gasteiger partial charge in [-0.1, -0.05) is 20.3 Å². The van der Waals surface area contributed by atoms with Gasteiger partial charge in [-0.15, -0.1) is 0 Å². The van der Waals surface area contributed by atoms with E-state index < -0.39 is 0 Å². The Morgan fingerprint density at radius 2 is 1.91 bits per heavy atom. The van der Waals surface area contributed by atoms with E-state index in [0.29, 0.717) is 5.92 Å². The zero-order valence-corrected chi connectivity index (χ0v) is 7.56. The largest absolute Gasteiger partial charge is 0.389 e. The van der Waals surface area contributed by atoms with Crippen molar-refractivity contribution in [1.29, 1.82) is 0 Å². The van der Waals surface area contributed by atoms with Crippen molar-refractivity contribution >= 4 is 0 Å². The molecule has 2 rings (SSSR count). The van der Waals surface area contributed by atoms with Crippen molar-refractivity contribution in [2.24, 2.45) is 11.3 Å². The van der Waals surface area contributed by atoms with Crippen molar-refractivity contribution in [3.05, 3.63) is 0 Å². The third kappa shape index (κ3) is 0.752. The van der Waals surface area contributed by atoms with Crippen LogP contribution in [0, 0.1) is 11.3 Å². The van der Waals surface area contributed by atoms with Gasteiger partial charge in [0, 0.05) is 0 Å². The molecule has 2 aliphatic rings. The van der Waals surface area contributed by atoms with E-state index in [9.17, 15) is 5.11 Å². The third-order valence-corrected chi connectivity index (χ3v) is 4.28. The standard InChI is InChI=1S/C10H18O/c1-8-4-7-10(8,11)9(2)5-3-6-9/h8,11H,3-7H2,1-2H3/t8-,10+/m1/s1. The quantitative estimate of drug-likeness (QED) is 0.614. The van der Waals surface area contributed by atoms with Crippen LogP contribution in [0.2, 0.25) is 0 Å². The highest BCUT2D eigenvalue weighted by Gasteiger charge is 2.57. The van der Waals surface area contributed by atoms with Crippen molar-refractivity contribution in [3.8, 4) is 0 Å². The maximum atomic E-state index is 10.3. The Morgan fingerprint density at radius 1 is 1.27 bits per heavy atom. The van der Waals surface area contributed by atoms with Crippen LogP contribution in [0.3, 0.4) is 0 Å². The Hall–Kier alpha value is -0.0400. The van der Waals surface area contributed by atoms with Gasteiger partial charge in [-0.3, -0.25) is 0 Å². The molecule has 2 fully saturated rings. The number of hydrogen-bond donors (Lipinski definition) is 1. The van der Waals surface area contributed by atoms with Crippen molar-refractivity contribution in [1.82, 2.24) is 0 Å². The lowest BCUT2D eigenvalue weighted by molar-refractivity contribution is -0.201. The Bertz CT molecular complexity index is 172. The van der Waals surface area contributed by atoms with Gasteiger partial charge < -0.3 is 5.11 Å². The topological polar surface area (TPSA) is 20.2 Å². The van der Waals surface area contributed by atoms with Crippen LogP contribution in [0.4, 0.5) is 0 Å². The number of hydrogen-bond acceptors (Lipinski definition) is 1. The fourth-order valence-electron chi connectivity index (χ4n) is 2.74. The lowest BCUT2D eigenvalue weighted by Crippen LogP contribution is -2.60. The molecule has 0 heterocycles. The fourth-order valence-corrected chi connectivity index (χ4v) is 2.74. The lowest BCUT2D eigenvalue weighted by Gasteiger charge is -2.59. The number of aliphatic hydroxyl groups is 1. The second kappa shape index (κ2) is 2.01. The molecule has 0 saturated heterocycles. The smallest absolute Gasteiger partial charge is 0.0726 e. The van der Waals surface area contributed by atoms with Crippen LogP contribution >= 0.6 is 0 Å². The summed E-state index contributed by atoms with van der Waals surface area (Å²) in [7, 11) is 0. The summed E-state index contributed by atoms with van der Waals surface area (Å²) < 4.78 is 0. The maximum Gasteiger partial charge on any atom is 0.0726 e. The summed E-state index contributed by atoms with van der Waals surface area (Å²) in [5, 5.41) is 10.3. The highest BCUT2D eigenvalue weighted by Crippen LogP contribution is 2.59. The molecule has 0 amide bonds. The van der Waals surface area contributed by atoms with E-state index in [2.05, 4.69) is 13.8 Å². The minimum absolute atomic E-state index is 0.282. The number of rotatable bonds is 1. The first-order valence-electron chi connectivity index (χ1n) is 4.81. The molecule has 64 valence electrons. The van der Waals surface area contributed by atoms with Gasteiger partial charge >= 0.3 is 0 Å². The van der Waals surface area contributed by atoms with E-state index in [4.69, 9.17) is 0 Å². The van der Waals surface area contributed by atoms with Crippen LogP contribution in [-0.4, -0.2) is 10.7 Å². The molecule has 2 saturated carbocycles. The van der Waals surface area contributed by atoms with Gasteiger partial charge in [-0.05, 0) is 37.0 Å². The van der Waals surface area contributed by atoms with Crippen LogP contribution in [-0.2, 0) is 0 Å². The van der Waals surface area contributed by atoms with Crippen LogP contribution < -0.4 is 0 Å². The van der Waals surface area contributed by atoms with Gasteiger partial charge in [-0.2, -0.15) is 0 Å². The van der Waals surface area contributed by atoms with Crippen molar-refractivity contribution in [2.75, 3.05) is 0 Å². The van der Waals surface area contributed by atoms with E-state index in [1.165, 1.54) is 25.7 Å². The fraction of sp³-hybridized carbons (Fsp3) is 1.00. The molecule has 0 aromatic carbocycles. The first-order valence-corrected chi connectivity index (χ1v) is 4.81. The summed E-state index contributed by atoms with van der Waals surface area (Å²) in [6.07, 6.45) is 6.09. The molecule has 0 radical (unpaired) electrons. The van der Waals surface area contributed by atoms with Gasteiger partial charge in [-0.25, -0.2) is 0 Å². The summed E-state index contributed by atoms with van der Waals surface area (Å²) in [6.45, 7) is 4.44. The minimum atomic E-state index is -0.286. The normalized spacial score (nSPS) is 47.7. The monoisotopic (exact) mass is 154 g/mol. The molecule has 0 aliphatic heterocycles. The molecule has 2 aliphatic carbocycles. The molecule has 1 N–H and O–H groups in total. The zero-order valence-electron chi connectivity index (χ0n) is 7.56. The van der Waals surface area contributed by atoms with E-state index in [1.54, 1.807) is 0 Å². The van der Waals surface area contributed by atoms with Crippen molar-refractivity contribution < 1.29 is 5.11 Å². The Labute approximate surface area is 68.8 Å². The molecule has 0 bridgehead atoms. The van der Waals surface area contributed by atoms with Gasteiger partial charge in [0.25, 0.3) is 0 Å². The lowest BCUT2D eigenvalue weighted by atomic mass is 9.49. The second-order valence-corrected chi connectivity index (χ2v) is 4.78. The summed E-state index contributed by atoms with van der Waals surface area (Å²) >= 11 is 0. The van der Waals surface area contributed by atoms with Crippen LogP contribution in [0.15, 0.2) is 0 Å². The second-order valence-electron chi connectivity index (χ2n) is 4.78. The molecular weight excluding hydrogens is 136 g/mol. The van der Waals surface area contributed by atoms with E-state index >= 15 is 0 Å². The predicted molar refractivity (Wildman–Crippen MR) is 45.3 cm³/mol. The van der Waals surface area contributed by atoms with Gasteiger partial charge in [0.2, 0.25) is 0 Å². The summed E-state index contributed by atoms with van der Waals surface area (Å²) in [6, 6.07) is 0. The predicted octanol–water partition coefficient (Wildman–Crippen LogP) is 2.34. The van der Waals surface area contributed by atoms with Gasteiger partial charge in [0.15, 0.2) is 0 Å². The van der Waals surface area contributed by atoms with Crippen LogP contribution in [0.1, 0.15) is 46.0 Å². The molecular formula is C10H18O. The van der Waals surface area contributed by atoms with Crippen molar-refractivity contribution in [3.63, 3.8) is 0 Å². The van der Waals surface area contributed by atoms with Gasteiger partial charge in [0.1, 0.15) is 0 Å². The Balaban J connectivity index is 2.13. The maximum absolute atomic E-state index is 10.3. The molecule has 0 aromatic heterocycles. The average molecular weight is 154 g/mol. The zero-order chi connectivity index (χ0) is 8.11. The summed E-state index contributed by atoms with van der Waals surface area (Å²) in [5.41, 5.74) is -0.00405. The highest BCUT2D eigenvalue weighted by molar-refractivity contribution is 5.08. The van der Waals surface area contributed by atoms with E-state index in [0.717, 1.165) is 6.42 Å². The van der Waals surface area contributed by atoms with Gasteiger partial charge in [0.05, 0.1) is 5.60 Å². The third-order valence-electron chi connectivity index (χ3n) is 4.28. The Morgan fingerprint density at radius 3 is 2.00 bits per heavy atom. The van der Waals surface area contributed by atoms with E-state index in [1.807, 2.05) is 0 Å². The van der Waals surface area contributed by atoms with Crippen molar-refractivity contribution in [2.45, 2.75) is 51.6 Å². The SMILES string of the molecule is C[C@@H]1CC[C@@]1(O)C1(C)CCC1. The van der Waals surface area contributed by atoms with Crippen LogP contribution in [0.5, 0.6) is 0 Å². The average Bonchev–Trinajstić information content (AvgIpc) is 1.95. The molecule has 1 nitrogen and oxygen atoms in total. The summed E-state index contributed by atoms with van der Waals surface area (Å²) in [4.78, 5) is 0. The van der Waals surface area contributed by atoms with E-state index in [-0.39, 0.29) is 11.0 Å². The minimum Gasteiger partial charge on any atom is -0.389 e. The Kier molecular flexibility index (Phi) is 1.39. The first-order chi connectivity index (χ1) is 5.08. The highest BCUT2D eigenvalue weighted by atomic mass is 16.3. The summed E-state index contributed by atoms with van der Waals surface area (Å²) in [5.74, 6) is 0.549. The molecule has 2 atom stereocenters. The molecule has 0 unspecified atom stereocenters. The molecule has 11 heavy (non-hydrogen) atoms. The molecule has 1 heteroatoms. The molecule has 0 aromatic rings. The molecule has 0 spiro atoms. The van der Waals surface area contributed by atoms with Crippen LogP contribution in [0.25, 0.3) is 0 Å².